The monoisotopic (exact) mass is 236 g/mol. The number of hydrogen-bond acceptors (Lipinski definition) is 5. The van der Waals surface area contributed by atoms with Crippen molar-refractivity contribution in [2.24, 2.45) is 0 Å². The molecule has 0 aromatic carbocycles. The average molecular weight is 236 g/mol. The summed E-state index contributed by atoms with van der Waals surface area (Å²) >= 11 is 0. The van der Waals surface area contributed by atoms with Crippen molar-refractivity contribution in [1.82, 2.24) is 14.5 Å². The van der Waals surface area contributed by atoms with Crippen LogP contribution in [0.15, 0.2) is 24.8 Å². The third kappa shape index (κ3) is 1.82. The largest absolute Gasteiger partial charge is 0.464 e. The predicted molar refractivity (Wildman–Crippen MR) is 57.1 cm³/mol. The van der Waals surface area contributed by atoms with Gasteiger partial charge in [-0.2, -0.15) is 0 Å². The zero-order valence-corrected chi connectivity index (χ0v) is 8.92. The molecule has 0 radical (unpaired) electrons. The number of nitrogens with zero attached hydrogens (tertiary/aromatic N) is 3. The number of carbonyl (C=O) groups is 1. The van der Waals surface area contributed by atoms with E-state index < -0.39 is 11.8 Å². The number of esters is 1. The highest BCUT2D eigenvalue weighted by molar-refractivity contribution is 5.92. The number of aromatic nitrogens is 3. The van der Waals surface area contributed by atoms with E-state index in [1.807, 2.05) is 0 Å². The molecule has 0 aliphatic rings. The van der Waals surface area contributed by atoms with Crippen LogP contribution in [0, 0.1) is 5.82 Å². The first kappa shape index (κ1) is 11.1. The van der Waals surface area contributed by atoms with E-state index in [1.165, 1.54) is 30.3 Å². The summed E-state index contributed by atoms with van der Waals surface area (Å²) in [6, 6.07) is 1.43. The van der Waals surface area contributed by atoms with Gasteiger partial charge in [-0.15, -0.1) is 0 Å². The predicted octanol–water partition coefficient (Wildman–Crippen LogP) is 0.775. The summed E-state index contributed by atoms with van der Waals surface area (Å²) in [5.41, 5.74) is 5.81. The average Bonchev–Trinajstić information content (AvgIpc) is 2.71. The zero-order chi connectivity index (χ0) is 12.4. The second-order valence-corrected chi connectivity index (χ2v) is 3.17. The molecule has 0 bridgehead atoms. The van der Waals surface area contributed by atoms with Gasteiger partial charge in [0.1, 0.15) is 12.1 Å². The fourth-order valence-corrected chi connectivity index (χ4v) is 1.37. The van der Waals surface area contributed by atoms with Crippen molar-refractivity contribution in [3.05, 3.63) is 36.3 Å². The molecule has 2 aromatic heterocycles. The smallest absolute Gasteiger partial charge is 0.360 e. The molecule has 0 spiro atoms. The Kier molecular flexibility index (Phi) is 2.73. The van der Waals surface area contributed by atoms with Gasteiger partial charge in [-0.05, 0) is 6.07 Å². The van der Waals surface area contributed by atoms with Gasteiger partial charge in [0, 0.05) is 6.20 Å². The van der Waals surface area contributed by atoms with E-state index in [2.05, 4.69) is 14.7 Å². The quantitative estimate of drug-likeness (QED) is 0.779. The molecule has 0 aliphatic heterocycles. The molecule has 17 heavy (non-hydrogen) atoms. The summed E-state index contributed by atoms with van der Waals surface area (Å²) < 4.78 is 19.2. The van der Waals surface area contributed by atoms with E-state index in [1.54, 1.807) is 0 Å². The SMILES string of the molecule is COC(=O)c1ncn(-c2ccncc2F)c1N. The van der Waals surface area contributed by atoms with Crippen molar-refractivity contribution in [1.29, 1.82) is 0 Å². The fraction of sp³-hybridized carbons (Fsp3) is 0.100. The van der Waals surface area contributed by atoms with Crippen molar-refractivity contribution in [2.45, 2.75) is 0 Å². The molecule has 0 aliphatic carbocycles. The lowest BCUT2D eigenvalue weighted by molar-refractivity contribution is 0.0596. The number of rotatable bonds is 2. The summed E-state index contributed by atoms with van der Waals surface area (Å²) in [5.74, 6) is -1.22. The molecule has 6 nitrogen and oxygen atoms in total. The molecule has 0 saturated heterocycles. The minimum atomic E-state index is -0.671. The zero-order valence-electron chi connectivity index (χ0n) is 8.92. The number of methoxy groups -OCH3 is 1. The fourth-order valence-electron chi connectivity index (χ4n) is 1.37. The molecule has 0 unspecified atom stereocenters. The molecule has 2 rings (SSSR count). The first-order chi connectivity index (χ1) is 8.15. The summed E-state index contributed by atoms with van der Waals surface area (Å²) in [7, 11) is 1.22. The van der Waals surface area contributed by atoms with Crippen LogP contribution in [0.25, 0.3) is 5.69 Å². The number of imidazole rings is 1. The van der Waals surface area contributed by atoms with Gasteiger partial charge in [-0.1, -0.05) is 0 Å². The summed E-state index contributed by atoms with van der Waals surface area (Å²) in [5, 5.41) is 0. The van der Waals surface area contributed by atoms with E-state index in [9.17, 15) is 9.18 Å². The molecule has 2 aromatic rings. The van der Waals surface area contributed by atoms with E-state index in [0.29, 0.717) is 0 Å². The lowest BCUT2D eigenvalue weighted by Crippen LogP contribution is -2.08. The number of pyridine rings is 1. The second kappa shape index (κ2) is 4.20. The van der Waals surface area contributed by atoms with Crippen LogP contribution in [0.5, 0.6) is 0 Å². The first-order valence-corrected chi connectivity index (χ1v) is 4.66. The Morgan fingerprint density at radius 3 is 3.00 bits per heavy atom. The summed E-state index contributed by atoms with van der Waals surface area (Å²) in [4.78, 5) is 18.7. The minimum absolute atomic E-state index is 0.0157. The summed E-state index contributed by atoms with van der Waals surface area (Å²) in [6.07, 6.45) is 3.71. The van der Waals surface area contributed by atoms with Crippen LogP contribution in [0.2, 0.25) is 0 Å². The van der Waals surface area contributed by atoms with Gasteiger partial charge in [-0.25, -0.2) is 14.2 Å². The highest BCUT2D eigenvalue weighted by Crippen LogP contribution is 2.19. The molecule has 7 heteroatoms. The van der Waals surface area contributed by atoms with Crippen LogP contribution in [0.4, 0.5) is 10.2 Å². The molecule has 0 saturated carbocycles. The number of ether oxygens (including phenoxy) is 1. The molecule has 0 amide bonds. The van der Waals surface area contributed by atoms with Gasteiger partial charge in [0.15, 0.2) is 11.5 Å². The maximum Gasteiger partial charge on any atom is 0.360 e. The number of nitrogens with two attached hydrogens (primary N) is 1. The summed E-state index contributed by atoms with van der Waals surface area (Å²) in [6.45, 7) is 0. The van der Waals surface area contributed by atoms with Gasteiger partial charge in [-0.3, -0.25) is 9.55 Å². The van der Waals surface area contributed by atoms with Gasteiger partial charge >= 0.3 is 5.97 Å². The lowest BCUT2D eigenvalue weighted by atomic mass is 10.3. The van der Waals surface area contributed by atoms with Crippen molar-refractivity contribution < 1.29 is 13.9 Å². The van der Waals surface area contributed by atoms with Crippen molar-refractivity contribution >= 4 is 11.8 Å². The molecule has 0 fully saturated rings. The Morgan fingerprint density at radius 1 is 1.59 bits per heavy atom. The Morgan fingerprint density at radius 2 is 2.35 bits per heavy atom. The minimum Gasteiger partial charge on any atom is -0.464 e. The molecule has 2 heterocycles. The van der Waals surface area contributed by atoms with Crippen molar-refractivity contribution in [3.63, 3.8) is 0 Å². The van der Waals surface area contributed by atoms with E-state index >= 15 is 0 Å². The lowest BCUT2D eigenvalue weighted by Gasteiger charge is -2.05. The maximum atomic E-state index is 13.5. The molecular weight excluding hydrogens is 227 g/mol. The number of hydrogen-bond donors (Lipinski definition) is 1. The molecular formula is C10H9FN4O2. The third-order valence-corrected chi connectivity index (χ3v) is 2.19. The first-order valence-electron chi connectivity index (χ1n) is 4.66. The Balaban J connectivity index is 2.52. The van der Waals surface area contributed by atoms with Gasteiger partial charge in [0.25, 0.3) is 0 Å². The van der Waals surface area contributed by atoms with Gasteiger partial charge < -0.3 is 10.5 Å². The van der Waals surface area contributed by atoms with Gasteiger partial charge in [0.2, 0.25) is 0 Å². The van der Waals surface area contributed by atoms with Crippen LogP contribution in [-0.2, 0) is 4.74 Å². The Bertz CT molecular complexity index is 567. The van der Waals surface area contributed by atoms with E-state index in [-0.39, 0.29) is 17.2 Å². The Hall–Kier alpha value is -2.44. The number of halogens is 1. The highest BCUT2D eigenvalue weighted by atomic mass is 19.1. The van der Waals surface area contributed by atoms with Crippen molar-refractivity contribution in [2.75, 3.05) is 12.8 Å². The Labute approximate surface area is 95.9 Å². The van der Waals surface area contributed by atoms with E-state index in [0.717, 1.165) is 6.20 Å². The number of anilines is 1. The molecule has 88 valence electrons. The molecule has 0 atom stereocenters. The molecule has 2 N–H and O–H groups in total. The van der Waals surface area contributed by atoms with E-state index in [4.69, 9.17) is 5.73 Å². The van der Waals surface area contributed by atoms with Gasteiger partial charge in [0.05, 0.1) is 19.0 Å². The van der Waals surface area contributed by atoms with Crippen molar-refractivity contribution in [3.8, 4) is 5.69 Å². The van der Waals surface area contributed by atoms with Crippen LogP contribution in [0.1, 0.15) is 10.5 Å². The highest BCUT2D eigenvalue weighted by Gasteiger charge is 2.18. The third-order valence-electron chi connectivity index (χ3n) is 2.19. The number of nitrogen functional groups attached to an aromatic ring is 1. The van der Waals surface area contributed by atoms with Crippen LogP contribution in [-0.4, -0.2) is 27.6 Å². The maximum absolute atomic E-state index is 13.5. The standard InChI is InChI=1S/C10H9FN4O2/c1-17-10(16)8-9(12)15(5-14-8)7-2-3-13-4-6(7)11/h2-5H,12H2,1H3. The normalized spacial score (nSPS) is 10.2. The number of carbonyl (C=O) groups excluding carboxylic acids is 1. The van der Waals surface area contributed by atoms with Crippen LogP contribution >= 0.6 is 0 Å². The van der Waals surface area contributed by atoms with Crippen LogP contribution in [0.3, 0.4) is 0 Å². The topological polar surface area (TPSA) is 83.0 Å². The second-order valence-electron chi connectivity index (χ2n) is 3.17. The van der Waals surface area contributed by atoms with Crippen LogP contribution < -0.4 is 5.73 Å².